The molecule has 6 nitrogen and oxygen atoms in total. The number of ether oxygens (including phenoxy) is 1. The molecule has 5 rings (SSSR count). The highest BCUT2D eigenvalue weighted by Gasteiger charge is 2.57. The van der Waals surface area contributed by atoms with Crippen LogP contribution in [0.25, 0.3) is 0 Å². The Hall–Kier alpha value is -2.55. The molecule has 2 saturated carbocycles. The van der Waals surface area contributed by atoms with Crippen molar-refractivity contribution in [3.8, 4) is 5.75 Å². The smallest absolute Gasteiger partial charge is 0.270 e. The molecule has 1 amide bonds. The van der Waals surface area contributed by atoms with Crippen LogP contribution < -0.4 is 15.0 Å². The van der Waals surface area contributed by atoms with Gasteiger partial charge in [0.15, 0.2) is 0 Å². The molecule has 3 aliphatic rings. The Balaban J connectivity index is 1.01. The molecule has 3 unspecified atom stereocenters. The van der Waals surface area contributed by atoms with Crippen molar-refractivity contribution in [1.82, 2.24) is 15.3 Å². The van der Waals surface area contributed by atoms with Gasteiger partial charge in [0.1, 0.15) is 11.6 Å². The van der Waals surface area contributed by atoms with Crippen LogP contribution in [0.4, 0.5) is 19.1 Å². The monoisotopic (exact) mass is 508 g/mol. The minimum Gasteiger partial charge on any atom is -0.493 e. The maximum atomic E-state index is 14.4. The molecule has 3 fully saturated rings. The number of rotatable bonds is 9. The van der Waals surface area contributed by atoms with Gasteiger partial charge in [-0.2, -0.15) is 0 Å². The highest BCUT2D eigenvalue weighted by Crippen LogP contribution is 2.50. The SMILES string of the molecule is O=C(Cc1ccc(OCCC2CC2C2CCN(c3ncc(Cl)cn3)CC2)cc1F)NC1CC1(F)F. The zero-order valence-corrected chi connectivity index (χ0v) is 20.0. The quantitative estimate of drug-likeness (QED) is 0.534. The van der Waals surface area contributed by atoms with Crippen molar-refractivity contribution >= 4 is 23.5 Å². The lowest BCUT2D eigenvalue weighted by Crippen LogP contribution is -2.35. The van der Waals surface area contributed by atoms with Crippen LogP contribution in [0.3, 0.4) is 0 Å². The van der Waals surface area contributed by atoms with Gasteiger partial charge >= 0.3 is 0 Å². The topological polar surface area (TPSA) is 67.3 Å². The Morgan fingerprint density at radius 2 is 1.94 bits per heavy atom. The highest BCUT2D eigenvalue weighted by molar-refractivity contribution is 6.30. The van der Waals surface area contributed by atoms with Crippen molar-refractivity contribution in [2.75, 3.05) is 24.6 Å². The Morgan fingerprint density at radius 3 is 2.60 bits per heavy atom. The molecule has 188 valence electrons. The van der Waals surface area contributed by atoms with Crippen molar-refractivity contribution in [2.24, 2.45) is 17.8 Å². The van der Waals surface area contributed by atoms with E-state index in [1.54, 1.807) is 18.5 Å². The van der Waals surface area contributed by atoms with E-state index < -0.39 is 23.7 Å². The van der Waals surface area contributed by atoms with Crippen molar-refractivity contribution in [3.05, 3.63) is 47.0 Å². The molecule has 35 heavy (non-hydrogen) atoms. The lowest BCUT2D eigenvalue weighted by Gasteiger charge is -2.32. The molecule has 0 spiro atoms. The third-order valence-electron chi connectivity index (χ3n) is 7.31. The predicted octanol–water partition coefficient (Wildman–Crippen LogP) is 4.66. The van der Waals surface area contributed by atoms with E-state index in [4.69, 9.17) is 16.3 Å². The maximum Gasteiger partial charge on any atom is 0.270 e. The van der Waals surface area contributed by atoms with E-state index in [2.05, 4.69) is 20.2 Å². The molecule has 0 radical (unpaired) electrons. The van der Waals surface area contributed by atoms with Gasteiger partial charge in [0.25, 0.3) is 5.92 Å². The number of nitrogens with zero attached hydrogens (tertiary/aromatic N) is 3. The number of benzene rings is 1. The third kappa shape index (κ3) is 6.00. The molecule has 1 aliphatic heterocycles. The second-order valence-electron chi connectivity index (χ2n) is 9.84. The summed E-state index contributed by atoms with van der Waals surface area (Å²) in [6.45, 7) is 2.40. The van der Waals surface area contributed by atoms with Crippen molar-refractivity contribution < 1.29 is 22.7 Å². The summed E-state index contributed by atoms with van der Waals surface area (Å²) in [5.41, 5.74) is 0.163. The first-order chi connectivity index (χ1) is 16.8. The lowest BCUT2D eigenvalue weighted by molar-refractivity contribution is -0.121. The van der Waals surface area contributed by atoms with Gasteiger partial charge in [-0.05, 0) is 55.1 Å². The molecule has 2 aromatic rings. The fourth-order valence-electron chi connectivity index (χ4n) is 5.05. The molecule has 2 aliphatic carbocycles. The Labute approximate surface area is 207 Å². The van der Waals surface area contributed by atoms with Crippen LogP contribution in [0, 0.1) is 23.6 Å². The van der Waals surface area contributed by atoms with Crippen LogP contribution in [-0.4, -0.2) is 47.5 Å². The maximum absolute atomic E-state index is 14.4. The Kier molecular flexibility index (Phi) is 6.79. The van der Waals surface area contributed by atoms with E-state index in [-0.39, 0.29) is 18.4 Å². The molecule has 1 aromatic heterocycles. The summed E-state index contributed by atoms with van der Waals surface area (Å²) in [4.78, 5) is 22.7. The third-order valence-corrected chi connectivity index (χ3v) is 7.50. The number of piperidine rings is 1. The number of amides is 1. The minimum absolute atomic E-state index is 0.163. The van der Waals surface area contributed by atoms with Crippen molar-refractivity contribution in [3.63, 3.8) is 0 Å². The molecule has 10 heteroatoms. The molecule has 1 saturated heterocycles. The van der Waals surface area contributed by atoms with E-state index in [1.807, 2.05) is 0 Å². The summed E-state index contributed by atoms with van der Waals surface area (Å²) in [5, 5.41) is 2.77. The summed E-state index contributed by atoms with van der Waals surface area (Å²) < 4.78 is 45.9. The summed E-state index contributed by atoms with van der Waals surface area (Å²) in [7, 11) is 0. The van der Waals surface area contributed by atoms with Gasteiger partial charge in [-0.15, -0.1) is 0 Å². The van der Waals surface area contributed by atoms with Crippen LogP contribution in [0.5, 0.6) is 5.75 Å². The Morgan fingerprint density at radius 1 is 1.23 bits per heavy atom. The van der Waals surface area contributed by atoms with E-state index in [9.17, 15) is 18.0 Å². The average Bonchev–Trinajstić information content (AvgIpc) is 3.73. The number of alkyl halides is 2. The molecule has 0 bridgehead atoms. The average molecular weight is 509 g/mol. The van der Waals surface area contributed by atoms with E-state index in [1.165, 1.54) is 18.6 Å². The van der Waals surface area contributed by atoms with Crippen molar-refractivity contribution in [2.45, 2.75) is 50.5 Å². The van der Waals surface area contributed by atoms with E-state index in [0.717, 1.165) is 38.3 Å². The van der Waals surface area contributed by atoms with Crippen LogP contribution in [0.1, 0.15) is 37.7 Å². The van der Waals surface area contributed by atoms with Gasteiger partial charge < -0.3 is 15.0 Å². The summed E-state index contributed by atoms with van der Waals surface area (Å²) >= 11 is 5.87. The van der Waals surface area contributed by atoms with Gasteiger partial charge in [0, 0.05) is 25.6 Å². The largest absolute Gasteiger partial charge is 0.493 e. The summed E-state index contributed by atoms with van der Waals surface area (Å²) in [6.07, 6.45) is 6.99. The first-order valence-electron chi connectivity index (χ1n) is 12.1. The number of halogens is 4. The van der Waals surface area contributed by atoms with Crippen LogP contribution in [0.15, 0.2) is 30.6 Å². The van der Waals surface area contributed by atoms with E-state index >= 15 is 0 Å². The number of hydrogen-bond donors (Lipinski definition) is 1. The van der Waals surface area contributed by atoms with Crippen LogP contribution in [-0.2, 0) is 11.2 Å². The van der Waals surface area contributed by atoms with Crippen molar-refractivity contribution in [1.29, 1.82) is 0 Å². The van der Waals surface area contributed by atoms with Gasteiger partial charge in [0.2, 0.25) is 11.9 Å². The lowest BCUT2D eigenvalue weighted by atomic mass is 9.90. The Bertz CT molecular complexity index is 1060. The number of aromatic nitrogens is 2. The second-order valence-corrected chi connectivity index (χ2v) is 10.3. The fourth-order valence-corrected chi connectivity index (χ4v) is 5.15. The van der Waals surface area contributed by atoms with Crippen LogP contribution in [0.2, 0.25) is 5.02 Å². The second kappa shape index (κ2) is 9.84. The van der Waals surface area contributed by atoms with Gasteiger partial charge in [-0.1, -0.05) is 17.7 Å². The first kappa shape index (κ1) is 24.2. The summed E-state index contributed by atoms with van der Waals surface area (Å²) in [5.74, 6) is -0.828. The minimum atomic E-state index is -2.84. The number of carbonyl (C=O) groups excluding carboxylic acids is 1. The number of nitrogens with one attached hydrogen (secondary N) is 1. The van der Waals surface area contributed by atoms with Gasteiger partial charge in [-0.25, -0.2) is 23.1 Å². The molecular formula is C25H28ClF3N4O2. The number of carbonyl (C=O) groups is 1. The highest BCUT2D eigenvalue weighted by atomic mass is 35.5. The fraction of sp³-hybridized carbons (Fsp3) is 0.560. The molecular weight excluding hydrogens is 481 g/mol. The first-order valence-corrected chi connectivity index (χ1v) is 12.5. The predicted molar refractivity (Wildman–Crippen MR) is 125 cm³/mol. The molecule has 1 N–H and O–H groups in total. The zero-order valence-electron chi connectivity index (χ0n) is 19.2. The molecule has 1 aromatic carbocycles. The zero-order chi connectivity index (χ0) is 24.6. The number of anilines is 1. The van der Waals surface area contributed by atoms with Gasteiger partial charge in [0.05, 0.1) is 36.5 Å². The molecule has 2 heterocycles. The van der Waals surface area contributed by atoms with E-state index in [0.29, 0.717) is 35.1 Å². The number of hydrogen-bond acceptors (Lipinski definition) is 5. The normalized spacial score (nSPS) is 25.3. The van der Waals surface area contributed by atoms with Crippen LogP contribution >= 0.6 is 11.6 Å². The van der Waals surface area contributed by atoms with Gasteiger partial charge in [-0.3, -0.25) is 4.79 Å². The molecule has 3 atom stereocenters. The standard InChI is InChI=1S/C25H28ClF3N4O2/c26-18-13-30-24(31-14-18)33-6-3-15(4-7-33)20-9-16(20)5-8-35-19-2-1-17(21(27)11-19)10-23(34)32-22-12-25(22,28)29/h1-2,11,13-16,20,22H,3-10,12H2,(H,32,34). The summed E-state index contributed by atoms with van der Waals surface area (Å²) in [6, 6.07) is 3.23.